The zero-order chi connectivity index (χ0) is 15.4. The van der Waals surface area contributed by atoms with Gasteiger partial charge in [-0.05, 0) is 53.8 Å². The molecule has 2 atom stereocenters. The van der Waals surface area contributed by atoms with E-state index in [1.54, 1.807) is 20.8 Å². The molecule has 0 aliphatic carbocycles. The highest BCUT2D eigenvalue weighted by Crippen LogP contribution is 2.22. The van der Waals surface area contributed by atoms with Crippen molar-refractivity contribution in [3.05, 3.63) is 0 Å². The van der Waals surface area contributed by atoms with Crippen LogP contribution in [0, 0.1) is 0 Å². The lowest BCUT2D eigenvalue weighted by atomic mass is 10.3. The summed E-state index contributed by atoms with van der Waals surface area (Å²) < 4.78 is 45.9. The molecule has 3 nitrogen and oxygen atoms in total. The maximum absolute atomic E-state index is 13.1. The number of rotatable bonds is 7. The summed E-state index contributed by atoms with van der Waals surface area (Å²) in [6.45, 7) is 12.9. The Morgan fingerprint density at radius 1 is 1.26 bits per heavy atom. The van der Waals surface area contributed by atoms with Crippen molar-refractivity contribution in [1.29, 1.82) is 0 Å². The van der Waals surface area contributed by atoms with Crippen LogP contribution in [-0.2, 0) is 15.8 Å². The first-order valence-corrected chi connectivity index (χ1v) is 10.8. The van der Waals surface area contributed by atoms with Gasteiger partial charge in [0.05, 0.1) is 0 Å². The second-order valence-corrected chi connectivity index (χ2v) is 12.7. The van der Waals surface area contributed by atoms with E-state index in [4.69, 9.17) is 4.43 Å². The standard InChI is InChI=1S/C12H27F2NO2SSi/c1-9(2)17-19(6,7)8-10(11(13)14)15-18(16)12(3,4)5/h9-11,15H,8H2,1-7H3/t10-,18?/m0/s1. The number of halogens is 2. The molecule has 0 aromatic heterocycles. The molecule has 0 aliphatic rings. The maximum Gasteiger partial charge on any atom is 0.257 e. The van der Waals surface area contributed by atoms with Gasteiger partial charge < -0.3 is 8.98 Å². The minimum Gasteiger partial charge on any atom is -0.598 e. The second-order valence-electron chi connectivity index (χ2n) is 6.57. The fourth-order valence-electron chi connectivity index (χ4n) is 1.71. The van der Waals surface area contributed by atoms with Gasteiger partial charge in [-0.25, -0.2) is 8.78 Å². The summed E-state index contributed by atoms with van der Waals surface area (Å²) in [5.41, 5.74) is 0. The molecule has 0 fully saturated rings. The number of alkyl halides is 2. The van der Waals surface area contributed by atoms with E-state index in [1.165, 1.54) is 0 Å². The molecule has 0 saturated carbocycles. The molecule has 0 saturated heterocycles. The third kappa shape index (κ3) is 8.24. The first-order chi connectivity index (χ1) is 8.35. The average molecular weight is 316 g/mol. The van der Waals surface area contributed by atoms with Crippen LogP contribution in [0.1, 0.15) is 34.6 Å². The fourth-order valence-corrected chi connectivity index (χ4v) is 5.39. The Bertz CT molecular complexity index is 273. The SMILES string of the molecule is CC(C)O[Si](C)(C)C[C@H](N[S+]([O-])C(C)(C)C)C(F)F. The smallest absolute Gasteiger partial charge is 0.257 e. The van der Waals surface area contributed by atoms with Gasteiger partial charge in [0, 0.05) is 17.5 Å². The Morgan fingerprint density at radius 2 is 1.74 bits per heavy atom. The van der Waals surface area contributed by atoms with Crippen LogP contribution in [0.3, 0.4) is 0 Å². The van der Waals surface area contributed by atoms with E-state index < -0.39 is 36.9 Å². The largest absolute Gasteiger partial charge is 0.598 e. The third-order valence-corrected chi connectivity index (χ3v) is 6.55. The van der Waals surface area contributed by atoms with Gasteiger partial charge in [0.15, 0.2) is 8.32 Å². The molecular formula is C12H27F2NO2SSi. The van der Waals surface area contributed by atoms with E-state index >= 15 is 0 Å². The van der Waals surface area contributed by atoms with Crippen molar-refractivity contribution >= 4 is 19.7 Å². The molecule has 7 heteroatoms. The van der Waals surface area contributed by atoms with Crippen molar-refractivity contribution < 1.29 is 17.8 Å². The Morgan fingerprint density at radius 3 is 2.05 bits per heavy atom. The van der Waals surface area contributed by atoms with Crippen molar-refractivity contribution in [2.75, 3.05) is 0 Å². The lowest BCUT2D eigenvalue weighted by molar-refractivity contribution is 0.111. The molecule has 0 bridgehead atoms. The third-order valence-electron chi connectivity index (χ3n) is 2.38. The molecular weight excluding hydrogens is 288 g/mol. The molecule has 1 unspecified atom stereocenters. The van der Waals surface area contributed by atoms with Gasteiger partial charge in [0.25, 0.3) is 6.43 Å². The normalized spacial score (nSPS) is 17.1. The molecule has 19 heavy (non-hydrogen) atoms. The van der Waals surface area contributed by atoms with Gasteiger partial charge in [-0.2, -0.15) is 0 Å². The van der Waals surface area contributed by atoms with Crippen molar-refractivity contribution in [3.63, 3.8) is 0 Å². The molecule has 1 N–H and O–H groups in total. The van der Waals surface area contributed by atoms with Crippen LogP contribution in [-0.4, -0.2) is 36.2 Å². The quantitative estimate of drug-likeness (QED) is 0.579. The Hall–Kier alpha value is 0.307. The predicted molar refractivity (Wildman–Crippen MR) is 79.3 cm³/mol. The molecule has 0 aromatic carbocycles. The van der Waals surface area contributed by atoms with E-state index in [0.717, 1.165) is 0 Å². The first-order valence-electron chi connectivity index (χ1n) is 6.49. The van der Waals surface area contributed by atoms with Crippen LogP contribution in [0.5, 0.6) is 0 Å². The second kappa shape index (κ2) is 7.35. The molecule has 0 aromatic rings. The van der Waals surface area contributed by atoms with Crippen LogP contribution in [0.4, 0.5) is 8.78 Å². The van der Waals surface area contributed by atoms with E-state index in [2.05, 4.69) is 4.72 Å². The van der Waals surface area contributed by atoms with E-state index in [1.807, 2.05) is 26.9 Å². The van der Waals surface area contributed by atoms with Gasteiger partial charge in [0.2, 0.25) is 0 Å². The van der Waals surface area contributed by atoms with Crippen LogP contribution in [0.2, 0.25) is 19.1 Å². The van der Waals surface area contributed by atoms with E-state index in [9.17, 15) is 13.3 Å². The molecule has 0 aliphatic heterocycles. The summed E-state index contributed by atoms with van der Waals surface area (Å²) in [5.74, 6) is 0. The predicted octanol–water partition coefficient (Wildman–Crippen LogP) is 3.30. The molecule has 0 amide bonds. The summed E-state index contributed by atoms with van der Waals surface area (Å²) in [6, 6.07) is -0.842. The summed E-state index contributed by atoms with van der Waals surface area (Å²) in [6.07, 6.45) is -2.53. The highest BCUT2D eigenvalue weighted by atomic mass is 32.2. The van der Waals surface area contributed by atoms with Crippen LogP contribution >= 0.6 is 0 Å². The van der Waals surface area contributed by atoms with Crippen molar-refractivity contribution in [2.24, 2.45) is 0 Å². The topological polar surface area (TPSA) is 44.3 Å². The molecule has 0 heterocycles. The zero-order valence-corrected chi connectivity index (χ0v) is 14.7. The van der Waals surface area contributed by atoms with Crippen LogP contribution in [0.15, 0.2) is 0 Å². The van der Waals surface area contributed by atoms with Crippen LogP contribution in [0.25, 0.3) is 0 Å². The Kier molecular flexibility index (Phi) is 7.47. The van der Waals surface area contributed by atoms with Gasteiger partial charge in [-0.15, -0.1) is 4.72 Å². The minimum atomic E-state index is -2.55. The van der Waals surface area contributed by atoms with Crippen LogP contribution < -0.4 is 4.72 Å². The Labute approximate surface area is 119 Å². The summed E-state index contributed by atoms with van der Waals surface area (Å²) in [5, 5.41) is 0. The molecule has 0 radical (unpaired) electrons. The van der Waals surface area contributed by atoms with E-state index in [-0.39, 0.29) is 12.1 Å². The lowest BCUT2D eigenvalue weighted by Crippen LogP contribution is -2.51. The molecule has 0 spiro atoms. The van der Waals surface area contributed by atoms with Crippen molar-refractivity contribution in [3.8, 4) is 0 Å². The van der Waals surface area contributed by atoms with Crippen molar-refractivity contribution in [2.45, 2.75) is 77.1 Å². The Balaban J connectivity index is 4.67. The lowest BCUT2D eigenvalue weighted by Gasteiger charge is -2.32. The minimum absolute atomic E-state index is 0.0214. The average Bonchev–Trinajstić information content (AvgIpc) is 2.11. The fraction of sp³-hybridized carbons (Fsp3) is 1.00. The van der Waals surface area contributed by atoms with Gasteiger partial charge in [0.1, 0.15) is 10.8 Å². The summed E-state index contributed by atoms with van der Waals surface area (Å²) >= 11 is -1.50. The highest BCUT2D eigenvalue weighted by molar-refractivity contribution is 7.90. The zero-order valence-electron chi connectivity index (χ0n) is 12.9. The van der Waals surface area contributed by atoms with E-state index in [0.29, 0.717) is 0 Å². The summed E-state index contributed by atoms with van der Waals surface area (Å²) in [7, 11) is -2.20. The van der Waals surface area contributed by atoms with Crippen molar-refractivity contribution in [1.82, 2.24) is 4.72 Å². The van der Waals surface area contributed by atoms with Gasteiger partial charge >= 0.3 is 0 Å². The number of hydrogen-bond donors (Lipinski definition) is 1. The molecule has 116 valence electrons. The van der Waals surface area contributed by atoms with Gasteiger partial charge in [-0.3, -0.25) is 0 Å². The number of hydrogen-bond acceptors (Lipinski definition) is 3. The van der Waals surface area contributed by atoms with Gasteiger partial charge in [-0.1, -0.05) is 0 Å². The first kappa shape index (κ1) is 19.3. The highest BCUT2D eigenvalue weighted by Gasteiger charge is 2.38. The monoisotopic (exact) mass is 315 g/mol. The summed E-state index contributed by atoms with van der Waals surface area (Å²) in [4.78, 5) is 0. The number of nitrogens with one attached hydrogen (secondary N) is 1. The molecule has 0 rings (SSSR count). The maximum atomic E-state index is 13.1.